The topological polar surface area (TPSA) is 63.6 Å². The molecule has 0 aliphatic heterocycles. The molecule has 0 heterocycles. The van der Waals surface area contributed by atoms with Gasteiger partial charge in [-0.3, -0.25) is 0 Å². The van der Waals surface area contributed by atoms with Crippen LogP contribution in [0.4, 0.5) is 0 Å². The molecule has 0 unspecified atom stereocenters. The monoisotopic (exact) mass is 222 g/mol. The van der Waals surface area contributed by atoms with Crippen molar-refractivity contribution in [3.63, 3.8) is 0 Å². The maximum absolute atomic E-state index is 11.6. The van der Waals surface area contributed by atoms with Gasteiger partial charge in [0.1, 0.15) is 0 Å². The van der Waals surface area contributed by atoms with Crippen LogP contribution >= 0.6 is 0 Å². The summed E-state index contributed by atoms with van der Waals surface area (Å²) in [5.74, 6) is -1.49. The summed E-state index contributed by atoms with van der Waals surface area (Å²) in [5.41, 5.74) is 1.02. The average molecular weight is 222 g/mol. The van der Waals surface area contributed by atoms with E-state index >= 15 is 0 Å². The van der Waals surface area contributed by atoms with E-state index in [4.69, 9.17) is 9.84 Å². The molecule has 0 aromatic heterocycles. The van der Waals surface area contributed by atoms with Gasteiger partial charge < -0.3 is 9.84 Å². The van der Waals surface area contributed by atoms with Crippen molar-refractivity contribution in [2.24, 2.45) is 0 Å². The normalized spacial score (nSPS) is 9.88. The van der Waals surface area contributed by atoms with Crippen LogP contribution in [0, 0.1) is 0 Å². The highest BCUT2D eigenvalue weighted by atomic mass is 16.5. The highest BCUT2D eigenvalue weighted by molar-refractivity contribution is 5.97. The van der Waals surface area contributed by atoms with Crippen molar-refractivity contribution >= 4 is 11.9 Å². The third kappa shape index (κ3) is 2.39. The third-order valence-corrected chi connectivity index (χ3v) is 2.26. The number of hydrogen-bond donors (Lipinski definition) is 1. The maximum Gasteiger partial charge on any atom is 0.338 e. The summed E-state index contributed by atoms with van der Waals surface area (Å²) < 4.78 is 4.87. The van der Waals surface area contributed by atoms with Gasteiger partial charge in [-0.2, -0.15) is 0 Å². The molecule has 1 aromatic carbocycles. The summed E-state index contributed by atoms with van der Waals surface area (Å²) in [6.07, 6.45) is 0.483. The molecule has 0 aliphatic rings. The van der Waals surface area contributed by atoms with E-state index in [1.807, 2.05) is 6.92 Å². The van der Waals surface area contributed by atoms with Crippen molar-refractivity contribution in [1.82, 2.24) is 0 Å². The van der Waals surface area contributed by atoms with E-state index in [0.717, 1.165) is 0 Å². The maximum atomic E-state index is 11.6. The van der Waals surface area contributed by atoms with Gasteiger partial charge >= 0.3 is 11.9 Å². The Morgan fingerprint density at radius 1 is 1.25 bits per heavy atom. The van der Waals surface area contributed by atoms with Gasteiger partial charge in [0.2, 0.25) is 0 Å². The van der Waals surface area contributed by atoms with Gasteiger partial charge in [0.15, 0.2) is 0 Å². The smallest absolute Gasteiger partial charge is 0.338 e. The Hall–Kier alpha value is -1.84. The number of rotatable bonds is 4. The van der Waals surface area contributed by atoms with Crippen LogP contribution in [0.5, 0.6) is 0 Å². The van der Waals surface area contributed by atoms with Crippen LogP contribution in [0.15, 0.2) is 18.2 Å². The molecule has 0 atom stereocenters. The second-order valence-corrected chi connectivity index (χ2v) is 3.21. The largest absolute Gasteiger partial charge is 0.478 e. The Kier molecular flexibility index (Phi) is 4.05. The van der Waals surface area contributed by atoms with Crippen LogP contribution in [0.1, 0.15) is 40.1 Å². The minimum atomic E-state index is -1.03. The highest BCUT2D eigenvalue weighted by Crippen LogP contribution is 2.17. The average Bonchev–Trinajstić information content (AvgIpc) is 2.28. The van der Waals surface area contributed by atoms with Gasteiger partial charge in [-0.15, -0.1) is 0 Å². The predicted octanol–water partition coefficient (Wildman–Crippen LogP) is 2.12. The van der Waals surface area contributed by atoms with Gasteiger partial charge in [0.25, 0.3) is 0 Å². The fraction of sp³-hybridized carbons (Fsp3) is 0.333. The number of carboxylic acids is 1. The Labute approximate surface area is 93.9 Å². The standard InChI is InChI=1S/C12H14O4/c1-3-8-9(11(13)14)6-5-7-10(8)12(15)16-4-2/h5-7H,3-4H2,1-2H3,(H,13,14). The van der Waals surface area contributed by atoms with E-state index in [2.05, 4.69) is 0 Å². The summed E-state index contributed by atoms with van der Waals surface area (Å²) in [4.78, 5) is 22.5. The lowest BCUT2D eigenvalue weighted by Gasteiger charge is -2.09. The number of carbonyl (C=O) groups excluding carboxylic acids is 1. The minimum absolute atomic E-state index is 0.160. The lowest BCUT2D eigenvalue weighted by molar-refractivity contribution is 0.0525. The summed E-state index contributed by atoms with van der Waals surface area (Å²) in [6.45, 7) is 3.80. The molecule has 1 N–H and O–H groups in total. The van der Waals surface area contributed by atoms with Crippen molar-refractivity contribution < 1.29 is 19.4 Å². The van der Waals surface area contributed by atoms with E-state index in [-0.39, 0.29) is 12.2 Å². The van der Waals surface area contributed by atoms with Crippen LogP contribution in [0.3, 0.4) is 0 Å². The first kappa shape index (κ1) is 12.2. The Bertz CT molecular complexity index is 409. The fourth-order valence-electron chi connectivity index (χ4n) is 1.57. The van der Waals surface area contributed by atoms with Gasteiger partial charge in [-0.05, 0) is 31.0 Å². The Morgan fingerprint density at radius 3 is 2.38 bits per heavy atom. The lowest BCUT2D eigenvalue weighted by Crippen LogP contribution is -2.12. The Balaban J connectivity index is 3.24. The molecule has 4 nitrogen and oxygen atoms in total. The highest BCUT2D eigenvalue weighted by Gasteiger charge is 2.17. The van der Waals surface area contributed by atoms with E-state index in [0.29, 0.717) is 17.5 Å². The predicted molar refractivity (Wildman–Crippen MR) is 58.7 cm³/mol. The lowest BCUT2D eigenvalue weighted by atomic mass is 9.99. The van der Waals surface area contributed by atoms with E-state index in [1.54, 1.807) is 19.1 Å². The van der Waals surface area contributed by atoms with Crippen LogP contribution in [0.25, 0.3) is 0 Å². The quantitative estimate of drug-likeness (QED) is 0.792. The molecule has 86 valence electrons. The zero-order valence-electron chi connectivity index (χ0n) is 9.32. The minimum Gasteiger partial charge on any atom is -0.478 e. The molecule has 0 saturated heterocycles. The second-order valence-electron chi connectivity index (χ2n) is 3.21. The SMILES string of the molecule is CCOC(=O)c1cccc(C(=O)O)c1CC. The van der Waals surface area contributed by atoms with Gasteiger partial charge in [-0.1, -0.05) is 13.0 Å². The molecule has 0 radical (unpaired) electrons. The number of carbonyl (C=O) groups is 2. The molecule has 0 amide bonds. The van der Waals surface area contributed by atoms with E-state index in [9.17, 15) is 9.59 Å². The third-order valence-electron chi connectivity index (χ3n) is 2.26. The molecule has 0 aliphatic carbocycles. The first-order valence-electron chi connectivity index (χ1n) is 5.14. The summed E-state index contributed by atoms with van der Waals surface area (Å²) in [7, 11) is 0. The first-order chi connectivity index (χ1) is 7.61. The first-order valence-corrected chi connectivity index (χ1v) is 5.14. The molecule has 1 aromatic rings. The number of esters is 1. The number of hydrogen-bond acceptors (Lipinski definition) is 3. The molecule has 4 heteroatoms. The van der Waals surface area contributed by atoms with E-state index < -0.39 is 11.9 Å². The van der Waals surface area contributed by atoms with Gasteiger partial charge in [0, 0.05) is 0 Å². The number of carboxylic acid groups (broad SMARTS) is 1. The molecule has 0 spiro atoms. The van der Waals surface area contributed by atoms with Crippen LogP contribution < -0.4 is 0 Å². The molecule has 16 heavy (non-hydrogen) atoms. The van der Waals surface area contributed by atoms with Crippen molar-refractivity contribution in [2.75, 3.05) is 6.61 Å². The second kappa shape index (κ2) is 5.30. The van der Waals surface area contributed by atoms with Gasteiger partial charge in [0.05, 0.1) is 17.7 Å². The molecule has 1 rings (SSSR count). The van der Waals surface area contributed by atoms with Crippen LogP contribution in [0.2, 0.25) is 0 Å². The summed E-state index contributed by atoms with van der Waals surface area (Å²) in [6, 6.07) is 4.63. The number of aromatic carboxylic acids is 1. The number of ether oxygens (including phenoxy) is 1. The number of benzene rings is 1. The van der Waals surface area contributed by atoms with Crippen molar-refractivity contribution in [1.29, 1.82) is 0 Å². The fourth-order valence-corrected chi connectivity index (χ4v) is 1.57. The van der Waals surface area contributed by atoms with Crippen molar-refractivity contribution in [2.45, 2.75) is 20.3 Å². The molecular weight excluding hydrogens is 208 g/mol. The molecule has 0 saturated carbocycles. The van der Waals surface area contributed by atoms with Crippen LogP contribution in [-0.4, -0.2) is 23.7 Å². The van der Waals surface area contributed by atoms with Crippen molar-refractivity contribution in [3.8, 4) is 0 Å². The van der Waals surface area contributed by atoms with Gasteiger partial charge in [-0.25, -0.2) is 9.59 Å². The molecule has 0 fully saturated rings. The summed E-state index contributed by atoms with van der Waals surface area (Å²) in [5, 5.41) is 8.98. The molecule has 0 bridgehead atoms. The Morgan fingerprint density at radius 2 is 1.88 bits per heavy atom. The zero-order chi connectivity index (χ0) is 12.1. The molecular formula is C12H14O4. The van der Waals surface area contributed by atoms with E-state index in [1.165, 1.54) is 6.07 Å². The van der Waals surface area contributed by atoms with Crippen molar-refractivity contribution in [3.05, 3.63) is 34.9 Å². The van der Waals surface area contributed by atoms with Crippen LogP contribution in [-0.2, 0) is 11.2 Å². The summed E-state index contributed by atoms with van der Waals surface area (Å²) >= 11 is 0. The zero-order valence-corrected chi connectivity index (χ0v) is 9.32.